The topological polar surface area (TPSA) is 52.7 Å². The highest BCUT2D eigenvalue weighted by Crippen LogP contribution is 2.41. The van der Waals surface area contributed by atoms with Gasteiger partial charge in [0.15, 0.2) is 0 Å². The standard InChI is InChI=1S/C22H20N4O/c1-15(16-8-4-2-5-9-16)25-22(27)21-19(20(24-25)17-12-13-17)14-23-26(21)18-10-6-3-7-11-18/h2-11,14-15,17H,12-13H2,1H3. The van der Waals surface area contributed by atoms with Crippen molar-refractivity contribution in [2.45, 2.75) is 31.7 Å². The normalized spacial score (nSPS) is 15.1. The molecule has 2 heterocycles. The number of hydrogen-bond acceptors (Lipinski definition) is 3. The Labute approximate surface area is 156 Å². The van der Waals surface area contributed by atoms with Gasteiger partial charge in [-0.25, -0.2) is 9.36 Å². The van der Waals surface area contributed by atoms with Crippen molar-refractivity contribution in [3.05, 3.63) is 88.5 Å². The van der Waals surface area contributed by atoms with Gasteiger partial charge in [-0.05, 0) is 37.5 Å². The highest BCUT2D eigenvalue weighted by atomic mass is 16.1. The summed E-state index contributed by atoms with van der Waals surface area (Å²) >= 11 is 0. The number of hydrogen-bond donors (Lipinski definition) is 0. The summed E-state index contributed by atoms with van der Waals surface area (Å²) in [4.78, 5) is 13.4. The van der Waals surface area contributed by atoms with Crippen LogP contribution in [0, 0.1) is 0 Å². The predicted octanol–water partition coefficient (Wildman–Crippen LogP) is 4.07. The predicted molar refractivity (Wildman–Crippen MR) is 105 cm³/mol. The maximum atomic E-state index is 13.4. The first kappa shape index (κ1) is 16.0. The fourth-order valence-corrected chi connectivity index (χ4v) is 3.62. The molecule has 1 aliphatic carbocycles. The summed E-state index contributed by atoms with van der Waals surface area (Å²) in [5.41, 5.74) is 3.46. The molecule has 1 unspecified atom stereocenters. The van der Waals surface area contributed by atoms with Gasteiger partial charge in [-0.2, -0.15) is 10.2 Å². The van der Waals surface area contributed by atoms with E-state index in [2.05, 4.69) is 5.10 Å². The van der Waals surface area contributed by atoms with Crippen LogP contribution in [0.25, 0.3) is 16.6 Å². The molecular formula is C22H20N4O. The summed E-state index contributed by atoms with van der Waals surface area (Å²) in [6.07, 6.45) is 4.04. The molecule has 27 heavy (non-hydrogen) atoms. The molecule has 0 saturated heterocycles. The Balaban J connectivity index is 1.77. The lowest BCUT2D eigenvalue weighted by Crippen LogP contribution is -2.29. The van der Waals surface area contributed by atoms with E-state index < -0.39 is 0 Å². The largest absolute Gasteiger partial charge is 0.293 e. The van der Waals surface area contributed by atoms with Crippen LogP contribution in [0.4, 0.5) is 0 Å². The number of para-hydroxylation sites is 1. The maximum absolute atomic E-state index is 13.4. The molecule has 5 heteroatoms. The molecule has 0 amide bonds. The first-order valence-corrected chi connectivity index (χ1v) is 9.35. The summed E-state index contributed by atoms with van der Waals surface area (Å²) in [6.45, 7) is 2.02. The van der Waals surface area contributed by atoms with Gasteiger partial charge in [0, 0.05) is 11.3 Å². The van der Waals surface area contributed by atoms with Crippen LogP contribution in [0.5, 0.6) is 0 Å². The fraction of sp³-hybridized carbons (Fsp3) is 0.227. The number of benzene rings is 2. The van der Waals surface area contributed by atoms with E-state index in [1.165, 1.54) is 0 Å². The highest BCUT2D eigenvalue weighted by molar-refractivity contribution is 5.82. The average Bonchev–Trinajstić information content (AvgIpc) is 3.47. The van der Waals surface area contributed by atoms with Crippen molar-refractivity contribution >= 4 is 10.9 Å². The van der Waals surface area contributed by atoms with Crippen LogP contribution in [0.2, 0.25) is 0 Å². The van der Waals surface area contributed by atoms with Gasteiger partial charge in [0.05, 0.1) is 23.6 Å². The van der Waals surface area contributed by atoms with Crippen LogP contribution >= 0.6 is 0 Å². The maximum Gasteiger partial charge on any atom is 0.293 e. The molecule has 2 aromatic heterocycles. The van der Waals surface area contributed by atoms with Crippen LogP contribution in [-0.4, -0.2) is 19.6 Å². The minimum atomic E-state index is -0.139. The van der Waals surface area contributed by atoms with E-state index >= 15 is 0 Å². The first-order chi connectivity index (χ1) is 13.2. The van der Waals surface area contributed by atoms with E-state index in [1.807, 2.05) is 67.6 Å². The molecular weight excluding hydrogens is 336 g/mol. The summed E-state index contributed by atoms with van der Waals surface area (Å²) < 4.78 is 3.38. The Kier molecular flexibility index (Phi) is 3.67. The van der Waals surface area contributed by atoms with Crippen LogP contribution in [0.3, 0.4) is 0 Å². The molecule has 0 N–H and O–H groups in total. The first-order valence-electron chi connectivity index (χ1n) is 9.35. The van der Waals surface area contributed by atoms with Gasteiger partial charge in [0.2, 0.25) is 0 Å². The Bertz CT molecular complexity index is 1160. The highest BCUT2D eigenvalue weighted by Gasteiger charge is 2.31. The van der Waals surface area contributed by atoms with Crippen molar-refractivity contribution in [1.29, 1.82) is 0 Å². The van der Waals surface area contributed by atoms with Gasteiger partial charge in [0.25, 0.3) is 5.56 Å². The van der Waals surface area contributed by atoms with E-state index in [9.17, 15) is 4.79 Å². The monoisotopic (exact) mass is 356 g/mol. The second-order valence-corrected chi connectivity index (χ2v) is 7.15. The van der Waals surface area contributed by atoms with Crippen LogP contribution in [-0.2, 0) is 0 Å². The van der Waals surface area contributed by atoms with E-state index in [1.54, 1.807) is 15.6 Å². The molecule has 1 fully saturated rings. The van der Waals surface area contributed by atoms with Crippen molar-refractivity contribution in [2.24, 2.45) is 0 Å². The summed E-state index contributed by atoms with van der Waals surface area (Å²) in [5.74, 6) is 0.427. The van der Waals surface area contributed by atoms with Gasteiger partial charge >= 0.3 is 0 Å². The quantitative estimate of drug-likeness (QED) is 0.554. The van der Waals surface area contributed by atoms with Crippen molar-refractivity contribution in [1.82, 2.24) is 19.6 Å². The van der Waals surface area contributed by atoms with Gasteiger partial charge in [0.1, 0.15) is 5.52 Å². The van der Waals surface area contributed by atoms with Crippen LogP contribution in [0.15, 0.2) is 71.7 Å². The second kappa shape index (κ2) is 6.20. The number of rotatable bonds is 4. The molecule has 5 nitrogen and oxygen atoms in total. The van der Waals surface area contributed by atoms with E-state index in [0.29, 0.717) is 11.4 Å². The smallest absolute Gasteiger partial charge is 0.265 e. The van der Waals surface area contributed by atoms with Crippen molar-refractivity contribution in [3.63, 3.8) is 0 Å². The second-order valence-electron chi connectivity index (χ2n) is 7.15. The zero-order valence-corrected chi connectivity index (χ0v) is 15.1. The van der Waals surface area contributed by atoms with E-state index in [0.717, 1.165) is 35.2 Å². The SMILES string of the molecule is CC(c1ccccc1)n1nc(C2CC2)c2cnn(-c3ccccc3)c2c1=O. The third kappa shape index (κ3) is 2.67. The molecule has 4 aromatic rings. The van der Waals surface area contributed by atoms with Gasteiger partial charge < -0.3 is 0 Å². The molecule has 0 spiro atoms. The van der Waals surface area contributed by atoms with Crippen molar-refractivity contribution in [3.8, 4) is 5.69 Å². The zero-order chi connectivity index (χ0) is 18.4. The molecule has 1 aliphatic rings. The Hall–Kier alpha value is -3.21. The number of aromatic nitrogens is 4. The lowest BCUT2D eigenvalue weighted by Gasteiger charge is -2.16. The number of fused-ring (bicyclic) bond motifs is 1. The summed E-state index contributed by atoms with van der Waals surface area (Å²) in [5, 5.41) is 10.2. The molecule has 1 atom stereocenters. The lowest BCUT2D eigenvalue weighted by atomic mass is 10.1. The van der Waals surface area contributed by atoms with Gasteiger partial charge in [-0.3, -0.25) is 4.79 Å². The fourth-order valence-electron chi connectivity index (χ4n) is 3.62. The third-order valence-electron chi connectivity index (χ3n) is 5.28. The summed E-state index contributed by atoms with van der Waals surface area (Å²) in [7, 11) is 0. The third-order valence-corrected chi connectivity index (χ3v) is 5.28. The van der Waals surface area contributed by atoms with Gasteiger partial charge in [-0.1, -0.05) is 48.5 Å². The molecule has 2 aromatic carbocycles. The molecule has 0 radical (unpaired) electrons. The Morgan fingerprint density at radius 2 is 1.67 bits per heavy atom. The van der Waals surface area contributed by atoms with Crippen LogP contribution < -0.4 is 5.56 Å². The Morgan fingerprint density at radius 3 is 2.33 bits per heavy atom. The average molecular weight is 356 g/mol. The summed E-state index contributed by atoms with van der Waals surface area (Å²) in [6, 6.07) is 19.7. The molecule has 0 bridgehead atoms. The van der Waals surface area contributed by atoms with E-state index in [-0.39, 0.29) is 11.6 Å². The van der Waals surface area contributed by atoms with Gasteiger partial charge in [-0.15, -0.1) is 0 Å². The van der Waals surface area contributed by atoms with E-state index in [4.69, 9.17) is 5.10 Å². The lowest BCUT2D eigenvalue weighted by molar-refractivity contribution is 0.526. The zero-order valence-electron chi connectivity index (χ0n) is 15.1. The molecule has 0 aliphatic heterocycles. The minimum absolute atomic E-state index is 0.105. The van der Waals surface area contributed by atoms with Crippen molar-refractivity contribution in [2.75, 3.05) is 0 Å². The molecule has 134 valence electrons. The molecule has 5 rings (SSSR count). The Morgan fingerprint density at radius 1 is 1.00 bits per heavy atom. The number of nitrogens with zero attached hydrogens (tertiary/aromatic N) is 4. The molecule has 1 saturated carbocycles. The minimum Gasteiger partial charge on any atom is -0.265 e. The van der Waals surface area contributed by atoms with Crippen molar-refractivity contribution < 1.29 is 0 Å². The van der Waals surface area contributed by atoms with Crippen LogP contribution in [0.1, 0.15) is 43.0 Å².